The molecular formula is C21H19N5O2. The number of amides is 1. The Balaban J connectivity index is 1.66. The molecule has 7 heteroatoms. The number of H-pyrrole nitrogens is 1. The van der Waals surface area contributed by atoms with Gasteiger partial charge in [-0.2, -0.15) is 0 Å². The van der Waals surface area contributed by atoms with Crippen molar-refractivity contribution in [2.75, 3.05) is 0 Å². The van der Waals surface area contributed by atoms with E-state index in [0.29, 0.717) is 23.5 Å². The Bertz CT molecular complexity index is 1170. The normalized spacial score (nSPS) is 12.0. The minimum Gasteiger partial charge on any atom is -0.344 e. The monoisotopic (exact) mass is 373 g/mol. The van der Waals surface area contributed by atoms with Crippen molar-refractivity contribution in [1.29, 1.82) is 0 Å². The van der Waals surface area contributed by atoms with Crippen LogP contribution >= 0.6 is 0 Å². The van der Waals surface area contributed by atoms with Gasteiger partial charge in [0.1, 0.15) is 5.69 Å². The fourth-order valence-electron chi connectivity index (χ4n) is 3.14. The molecule has 0 spiro atoms. The quantitative estimate of drug-likeness (QED) is 0.562. The molecule has 28 heavy (non-hydrogen) atoms. The zero-order valence-corrected chi connectivity index (χ0v) is 15.3. The molecule has 1 aromatic carbocycles. The summed E-state index contributed by atoms with van der Waals surface area (Å²) in [4.78, 5) is 33.7. The summed E-state index contributed by atoms with van der Waals surface area (Å²) >= 11 is 0. The Morgan fingerprint density at radius 1 is 1.14 bits per heavy atom. The van der Waals surface area contributed by atoms with Gasteiger partial charge in [0.25, 0.3) is 11.5 Å². The smallest absolute Gasteiger partial charge is 0.272 e. The van der Waals surface area contributed by atoms with E-state index in [9.17, 15) is 9.59 Å². The standard InChI is InChI=1S/C21H19N5O2/c1-14-11-19-23-16(13-20(27)26(19)25-14)12-18(15-7-3-2-4-8-15)24-21(28)17-9-5-6-10-22-17/h2-11,13,18,25H,12H2,1H3,(H,24,28). The molecule has 0 saturated heterocycles. The van der Waals surface area contributed by atoms with Gasteiger partial charge in [0, 0.05) is 30.4 Å². The second kappa shape index (κ2) is 7.48. The molecule has 7 nitrogen and oxygen atoms in total. The molecule has 2 N–H and O–H groups in total. The maximum atomic E-state index is 12.6. The van der Waals surface area contributed by atoms with E-state index in [1.807, 2.05) is 43.3 Å². The highest BCUT2D eigenvalue weighted by molar-refractivity contribution is 5.92. The highest BCUT2D eigenvalue weighted by Crippen LogP contribution is 2.18. The Morgan fingerprint density at radius 3 is 2.68 bits per heavy atom. The summed E-state index contributed by atoms with van der Waals surface area (Å²) in [6.45, 7) is 1.87. The molecule has 140 valence electrons. The van der Waals surface area contributed by atoms with Gasteiger partial charge in [-0.15, -0.1) is 0 Å². The number of hydrogen-bond donors (Lipinski definition) is 2. The van der Waals surface area contributed by atoms with Crippen LogP contribution in [-0.2, 0) is 6.42 Å². The van der Waals surface area contributed by atoms with Crippen molar-refractivity contribution in [2.24, 2.45) is 0 Å². The number of nitrogens with one attached hydrogen (secondary N) is 2. The van der Waals surface area contributed by atoms with Crippen molar-refractivity contribution in [3.8, 4) is 0 Å². The lowest BCUT2D eigenvalue weighted by molar-refractivity contribution is 0.0931. The lowest BCUT2D eigenvalue weighted by Crippen LogP contribution is -2.31. The summed E-state index contributed by atoms with van der Waals surface area (Å²) in [7, 11) is 0. The lowest BCUT2D eigenvalue weighted by atomic mass is 10.0. The summed E-state index contributed by atoms with van der Waals surface area (Å²) in [6.07, 6.45) is 1.97. The third-order valence-corrected chi connectivity index (χ3v) is 4.45. The van der Waals surface area contributed by atoms with Gasteiger partial charge in [0.15, 0.2) is 5.65 Å². The predicted molar refractivity (Wildman–Crippen MR) is 105 cm³/mol. The van der Waals surface area contributed by atoms with Crippen LogP contribution in [0.15, 0.2) is 71.7 Å². The molecule has 0 aliphatic carbocycles. The molecular weight excluding hydrogens is 354 g/mol. The highest BCUT2D eigenvalue weighted by Gasteiger charge is 2.18. The van der Waals surface area contributed by atoms with Crippen LogP contribution in [0.3, 0.4) is 0 Å². The first-order chi connectivity index (χ1) is 13.6. The summed E-state index contributed by atoms with van der Waals surface area (Å²) in [5.41, 5.74) is 3.11. The van der Waals surface area contributed by atoms with E-state index >= 15 is 0 Å². The molecule has 3 aromatic heterocycles. The molecule has 0 aliphatic heterocycles. The molecule has 1 unspecified atom stereocenters. The third-order valence-electron chi connectivity index (χ3n) is 4.45. The van der Waals surface area contributed by atoms with Gasteiger partial charge in [-0.05, 0) is 24.6 Å². The average molecular weight is 373 g/mol. The molecule has 1 atom stereocenters. The number of aryl methyl sites for hydroxylation is 1. The van der Waals surface area contributed by atoms with E-state index in [2.05, 4.69) is 20.4 Å². The minimum atomic E-state index is -0.343. The highest BCUT2D eigenvalue weighted by atomic mass is 16.2. The summed E-state index contributed by atoms with van der Waals surface area (Å²) in [5.74, 6) is -0.273. The van der Waals surface area contributed by atoms with E-state index in [0.717, 1.165) is 11.3 Å². The number of aromatic amines is 1. The number of benzene rings is 1. The van der Waals surface area contributed by atoms with Crippen LogP contribution in [0.5, 0.6) is 0 Å². The first kappa shape index (κ1) is 17.7. The molecule has 0 bridgehead atoms. The number of rotatable bonds is 5. The fourth-order valence-corrected chi connectivity index (χ4v) is 3.14. The van der Waals surface area contributed by atoms with Gasteiger partial charge < -0.3 is 5.32 Å². The summed E-state index contributed by atoms with van der Waals surface area (Å²) in [6, 6.07) is 17.8. The third kappa shape index (κ3) is 3.68. The second-order valence-electron chi connectivity index (χ2n) is 6.57. The number of pyridine rings is 1. The maximum absolute atomic E-state index is 12.6. The van der Waals surface area contributed by atoms with Crippen LogP contribution in [-0.4, -0.2) is 25.5 Å². The van der Waals surface area contributed by atoms with Gasteiger partial charge in [0.05, 0.1) is 11.7 Å². The van der Waals surface area contributed by atoms with Crippen LogP contribution in [0.1, 0.15) is 33.5 Å². The fraction of sp³-hybridized carbons (Fsp3) is 0.143. The molecule has 4 rings (SSSR count). The average Bonchev–Trinajstić information content (AvgIpc) is 3.09. The minimum absolute atomic E-state index is 0.184. The van der Waals surface area contributed by atoms with Gasteiger partial charge >= 0.3 is 0 Å². The second-order valence-corrected chi connectivity index (χ2v) is 6.57. The number of carbonyl (C=O) groups is 1. The van der Waals surface area contributed by atoms with E-state index < -0.39 is 0 Å². The Kier molecular flexibility index (Phi) is 4.72. The van der Waals surface area contributed by atoms with E-state index in [-0.39, 0.29) is 17.5 Å². The molecule has 1 amide bonds. The molecule has 0 saturated carbocycles. The largest absolute Gasteiger partial charge is 0.344 e. The van der Waals surface area contributed by atoms with Crippen molar-refractivity contribution in [1.82, 2.24) is 24.9 Å². The lowest BCUT2D eigenvalue weighted by Gasteiger charge is -2.19. The van der Waals surface area contributed by atoms with Crippen molar-refractivity contribution in [2.45, 2.75) is 19.4 Å². The SMILES string of the molecule is Cc1cc2nc(CC(NC(=O)c3ccccn3)c3ccccc3)cc(=O)n2[nH]1. The first-order valence-electron chi connectivity index (χ1n) is 8.95. The summed E-state index contributed by atoms with van der Waals surface area (Å²) in [5, 5.41) is 5.97. The van der Waals surface area contributed by atoms with Crippen LogP contribution < -0.4 is 10.9 Å². The Labute approximate surface area is 161 Å². The van der Waals surface area contributed by atoms with E-state index in [1.165, 1.54) is 10.6 Å². The van der Waals surface area contributed by atoms with Crippen LogP contribution in [0.25, 0.3) is 5.65 Å². The maximum Gasteiger partial charge on any atom is 0.272 e. The zero-order valence-electron chi connectivity index (χ0n) is 15.3. The zero-order chi connectivity index (χ0) is 19.5. The van der Waals surface area contributed by atoms with Crippen LogP contribution in [0.2, 0.25) is 0 Å². The van der Waals surface area contributed by atoms with Crippen molar-refractivity contribution >= 4 is 11.6 Å². The van der Waals surface area contributed by atoms with Gasteiger partial charge in [-0.3, -0.25) is 19.7 Å². The van der Waals surface area contributed by atoms with E-state index in [4.69, 9.17) is 0 Å². The van der Waals surface area contributed by atoms with Gasteiger partial charge in [-0.25, -0.2) is 9.50 Å². The number of nitrogens with zero attached hydrogens (tertiary/aromatic N) is 3. The molecule has 0 radical (unpaired) electrons. The van der Waals surface area contributed by atoms with Crippen molar-refractivity contribution in [3.05, 3.63) is 99.9 Å². The molecule has 0 aliphatic rings. The van der Waals surface area contributed by atoms with Crippen molar-refractivity contribution < 1.29 is 4.79 Å². The number of fused-ring (bicyclic) bond motifs is 1. The number of aromatic nitrogens is 4. The summed E-state index contributed by atoms with van der Waals surface area (Å²) < 4.78 is 1.41. The van der Waals surface area contributed by atoms with Crippen molar-refractivity contribution in [3.63, 3.8) is 0 Å². The molecule has 0 fully saturated rings. The van der Waals surface area contributed by atoms with Gasteiger partial charge in [-0.1, -0.05) is 36.4 Å². The first-order valence-corrected chi connectivity index (χ1v) is 8.95. The Hall–Kier alpha value is -3.74. The van der Waals surface area contributed by atoms with Crippen LogP contribution in [0.4, 0.5) is 0 Å². The van der Waals surface area contributed by atoms with E-state index in [1.54, 1.807) is 24.4 Å². The molecule has 3 heterocycles. The van der Waals surface area contributed by atoms with Gasteiger partial charge in [0.2, 0.25) is 0 Å². The topological polar surface area (TPSA) is 92.2 Å². The number of hydrogen-bond acceptors (Lipinski definition) is 4. The Morgan fingerprint density at radius 2 is 1.93 bits per heavy atom. The predicted octanol–water partition coefficient (Wildman–Crippen LogP) is 2.44. The molecule has 4 aromatic rings. The number of carbonyl (C=O) groups excluding carboxylic acids is 1. The van der Waals surface area contributed by atoms with Crippen LogP contribution in [0, 0.1) is 6.92 Å².